The fourth-order valence-corrected chi connectivity index (χ4v) is 4.08. The van der Waals surface area contributed by atoms with E-state index >= 15 is 0 Å². The van der Waals surface area contributed by atoms with E-state index in [-0.39, 0.29) is 0 Å². The van der Waals surface area contributed by atoms with E-state index < -0.39 is 0 Å². The van der Waals surface area contributed by atoms with E-state index in [0.717, 1.165) is 17.8 Å². The van der Waals surface area contributed by atoms with Gasteiger partial charge in [0.05, 0.1) is 17.4 Å². The maximum Gasteiger partial charge on any atom is 0.0778 e. The van der Waals surface area contributed by atoms with Crippen molar-refractivity contribution in [2.75, 3.05) is 33.1 Å². The summed E-state index contributed by atoms with van der Waals surface area (Å²) >= 11 is 1.85. The normalized spacial score (nSPS) is 19.6. The molecule has 0 saturated carbocycles. The van der Waals surface area contributed by atoms with E-state index in [4.69, 9.17) is 4.99 Å². The molecule has 3 rings (SSSR count). The molecule has 0 aromatic heterocycles. The number of anilines is 1. The van der Waals surface area contributed by atoms with Gasteiger partial charge in [0, 0.05) is 29.6 Å². The quantitative estimate of drug-likeness (QED) is 0.812. The molecule has 1 aromatic carbocycles. The number of allylic oxidation sites excluding steroid dienone is 2. The Balaban J connectivity index is 2.01. The molecule has 0 radical (unpaired) electrons. The number of rotatable bonds is 4. The highest BCUT2D eigenvalue weighted by molar-refractivity contribution is 8.04. The van der Waals surface area contributed by atoms with Gasteiger partial charge in [-0.05, 0) is 56.4 Å². The molecule has 0 spiro atoms. The molecule has 1 aromatic rings. The van der Waals surface area contributed by atoms with Gasteiger partial charge in [-0.15, -0.1) is 0 Å². The molecule has 1 heterocycles. The Hall–Kier alpha value is -1.52. The van der Waals surface area contributed by atoms with Crippen LogP contribution in [0.5, 0.6) is 0 Å². The average molecular weight is 327 g/mol. The summed E-state index contributed by atoms with van der Waals surface area (Å²) in [5.41, 5.74) is 4.90. The summed E-state index contributed by atoms with van der Waals surface area (Å²) in [5.74, 6) is 0. The molecule has 1 unspecified atom stereocenters. The van der Waals surface area contributed by atoms with Crippen LogP contribution in [0.1, 0.15) is 19.8 Å². The van der Waals surface area contributed by atoms with E-state index in [1.54, 1.807) is 0 Å². The van der Waals surface area contributed by atoms with Crippen molar-refractivity contribution in [3.63, 3.8) is 0 Å². The molecular weight excluding hydrogens is 302 g/mol. The minimum Gasteiger partial charge on any atom is -0.378 e. The van der Waals surface area contributed by atoms with Crippen LogP contribution in [0.15, 0.2) is 50.7 Å². The monoisotopic (exact) mass is 327 g/mol. The van der Waals surface area contributed by atoms with Crippen LogP contribution in [0, 0.1) is 0 Å². The summed E-state index contributed by atoms with van der Waals surface area (Å²) in [5, 5.41) is 0. The van der Waals surface area contributed by atoms with Crippen molar-refractivity contribution in [3.05, 3.63) is 40.8 Å². The second-order valence-corrected chi connectivity index (χ2v) is 7.64. The van der Waals surface area contributed by atoms with Crippen LogP contribution in [0.2, 0.25) is 0 Å². The summed E-state index contributed by atoms with van der Waals surface area (Å²) in [7, 11) is 8.45. The van der Waals surface area contributed by atoms with E-state index in [9.17, 15) is 0 Å². The van der Waals surface area contributed by atoms with Gasteiger partial charge in [-0.1, -0.05) is 25.1 Å². The Morgan fingerprint density at radius 2 is 1.96 bits per heavy atom. The third-order valence-corrected chi connectivity index (χ3v) is 5.39. The minimum atomic E-state index is 0.384. The molecular formula is C19H25N3S. The van der Waals surface area contributed by atoms with Gasteiger partial charge in [-0.2, -0.15) is 0 Å². The fraction of sp³-hybridized carbons (Fsp3) is 0.421. The smallest absolute Gasteiger partial charge is 0.0778 e. The maximum atomic E-state index is 4.91. The van der Waals surface area contributed by atoms with Crippen LogP contribution in [0.4, 0.5) is 11.4 Å². The van der Waals surface area contributed by atoms with Crippen molar-refractivity contribution in [2.45, 2.75) is 30.7 Å². The zero-order chi connectivity index (χ0) is 16.6. The third kappa shape index (κ3) is 3.24. The number of hydrogen-bond acceptors (Lipinski definition) is 4. The van der Waals surface area contributed by atoms with Crippen molar-refractivity contribution >= 4 is 28.8 Å². The van der Waals surface area contributed by atoms with Crippen molar-refractivity contribution in [2.24, 2.45) is 4.99 Å². The lowest BCUT2D eigenvalue weighted by atomic mass is 9.94. The predicted molar refractivity (Wildman–Crippen MR) is 102 cm³/mol. The Morgan fingerprint density at radius 3 is 2.61 bits per heavy atom. The molecule has 0 N–H and O–H groups in total. The number of benzene rings is 1. The van der Waals surface area contributed by atoms with Gasteiger partial charge in [-0.25, -0.2) is 4.99 Å². The standard InChI is InChI=1S/C19H25N3S/c1-6-7-13-10-16-19(12-17(13)22(4)5)23-18-11-14(21(2)3)8-9-15(18)20-16/h8-12,17H,6-7H2,1-5H3. The number of nitrogens with zero attached hydrogens (tertiary/aromatic N) is 3. The van der Waals surface area contributed by atoms with Crippen LogP contribution in [0.3, 0.4) is 0 Å². The summed E-state index contributed by atoms with van der Waals surface area (Å²) in [4.78, 5) is 11.9. The molecule has 0 amide bonds. The van der Waals surface area contributed by atoms with E-state index in [1.165, 1.54) is 27.5 Å². The van der Waals surface area contributed by atoms with Gasteiger partial charge in [0.2, 0.25) is 0 Å². The maximum absolute atomic E-state index is 4.91. The lowest BCUT2D eigenvalue weighted by Crippen LogP contribution is -2.31. The molecule has 122 valence electrons. The molecule has 1 atom stereocenters. The van der Waals surface area contributed by atoms with Crippen molar-refractivity contribution in [3.8, 4) is 0 Å². The Bertz CT molecular complexity index is 699. The number of likely N-dealkylation sites (N-methyl/N-ethyl adjacent to an activating group) is 1. The van der Waals surface area contributed by atoms with Gasteiger partial charge in [0.15, 0.2) is 0 Å². The number of aliphatic imine (C=N–C) groups is 1. The zero-order valence-electron chi connectivity index (χ0n) is 14.6. The SMILES string of the molecule is CCCC1=CC2=Nc3ccc(N(C)C)cc3SC2=CC1N(C)C. The van der Waals surface area contributed by atoms with E-state index in [2.05, 4.69) is 75.3 Å². The highest BCUT2D eigenvalue weighted by Gasteiger charge is 2.26. The molecule has 0 bridgehead atoms. The molecule has 0 saturated heterocycles. The zero-order valence-corrected chi connectivity index (χ0v) is 15.4. The number of fused-ring (bicyclic) bond motifs is 2. The summed E-state index contributed by atoms with van der Waals surface area (Å²) in [6, 6.07) is 6.89. The first-order valence-electron chi connectivity index (χ1n) is 8.16. The van der Waals surface area contributed by atoms with Gasteiger partial charge in [0.1, 0.15) is 0 Å². The van der Waals surface area contributed by atoms with E-state index in [0.29, 0.717) is 6.04 Å². The molecule has 3 nitrogen and oxygen atoms in total. The Labute approximate surface area is 143 Å². The molecule has 0 fully saturated rings. The number of hydrogen-bond donors (Lipinski definition) is 0. The Morgan fingerprint density at radius 1 is 1.17 bits per heavy atom. The fourth-order valence-electron chi connectivity index (χ4n) is 3.03. The van der Waals surface area contributed by atoms with Crippen LogP contribution in [-0.4, -0.2) is 44.8 Å². The average Bonchev–Trinajstić information content (AvgIpc) is 2.51. The second kappa shape index (κ2) is 6.54. The first-order valence-corrected chi connectivity index (χ1v) is 8.98. The molecule has 2 aliphatic rings. The van der Waals surface area contributed by atoms with E-state index in [1.807, 2.05) is 11.8 Å². The van der Waals surface area contributed by atoms with Crippen LogP contribution >= 0.6 is 11.8 Å². The third-order valence-electron chi connectivity index (χ3n) is 4.28. The van der Waals surface area contributed by atoms with Gasteiger partial charge in [0.25, 0.3) is 0 Å². The number of thioether (sulfide) groups is 1. The van der Waals surface area contributed by atoms with Gasteiger partial charge < -0.3 is 4.90 Å². The summed E-state index contributed by atoms with van der Waals surface area (Å²) in [6.07, 6.45) is 6.98. The van der Waals surface area contributed by atoms with Gasteiger partial charge >= 0.3 is 0 Å². The highest BCUT2D eigenvalue weighted by atomic mass is 32.2. The lowest BCUT2D eigenvalue weighted by molar-refractivity contribution is 0.371. The summed E-state index contributed by atoms with van der Waals surface area (Å²) < 4.78 is 0. The molecule has 4 heteroatoms. The van der Waals surface area contributed by atoms with Crippen LogP contribution < -0.4 is 4.90 Å². The van der Waals surface area contributed by atoms with Crippen molar-refractivity contribution in [1.29, 1.82) is 0 Å². The predicted octanol–water partition coefficient (Wildman–Crippen LogP) is 4.49. The minimum absolute atomic E-state index is 0.384. The van der Waals surface area contributed by atoms with Crippen molar-refractivity contribution in [1.82, 2.24) is 4.90 Å². The first kappa shape index (κ1) is 16.3. The van der Waals surface area contributed by atoms with Crippen LogP contribution in [0.25, 0.3) is 0 Å². The van der Waals surface area contributed by atoms with Crippen molar-refractivity contribution < 1.29 is 0 Å². The highest BCUT2D eigenvalue weighted by Crippen LogP contribution is 2.44. The van der Waals surface area contributed by atoms with Gasteiger partial charge in [-0.3, -0.25) is 4.90 Å². The molecule has 1 aliphatic heterocycles. The molecule has 1 aliphatic carbocycles. The topological polar surface area (TPSA) is 18.8 Å². The lowest BCUT2D eigenvalue weighted by Gasteiger charge is -2.30. The first-order chi connectivity index (χ1) is 11.0. The molecule has 23 heavy (non-hydrogen) atoms. The Kier molecular flexibility index (Phi) is 4.64. The largest absolute Gasteiger partial charge is 0.378 e. The van der Waals surface area contributed by atoms with Crippen LogP contribution in [-0.2, 0) is 0 Å². The summed E-state index contributed by atoms with van der Waals surface area (Å²) in [6.45, 7) is 2.24. The second-order valence-electron chi connectivity index (χ2n) is 6.55.